The van der Waals surface area contributed by atoms with Crippen LogP contribution in [-0.2, 0) is 0 Å². The number of rotatable bonds is 4. The van der Waals surface area contributed by atoms with E-state index in [4.69, 9.17) is 4.98 Å². The third-order valence-corrected chi connectivity index (χ3v) is 7.24. The molecule has 8 nitrogen and oxygen atoms in total. The van der Waals surface area contributed by atoms with Gasteiger partial charge in [-0.25, -0.2) is 4.98 Å². The van der Waals surface area contributed by atoms with Crippen LogP contribution in [0, 0.1) is 17.2 Å². The molecule has 0 unspecified atom stereocenters. The van der Waals surface area contributed by atoms with Crippen molar-refractivity contribution in [1.29, 1.82) is 5.26 Å². The van der Waals surface area contributed by atoms with E-state index in [2.05, 4.69) is 52.3 Å². The van der Waals surface area contributed by atoms with Crippen LogP contribution in [0.1, 0.15) is 44.2 Å². The molecule has 3 aromatic rings. The van der Waals surface area contributed by atoms with Crippen LogP contribution in [0.15, 0.2) is 41.3 Å². The van der Waals surface area contributed by atoms with Gasteiger partial charge in [-0.3, -0.25) is 9.36 Å². The molecule has 1 aromatic carbocycles. The Kier molecular flexibility index (Phi) is 6.20. The summed E-state index contributed by atoms with van der Waals surface area (Å²) >= 11 is 0. The molecule has 1 aliphatic carbocycles. The lowest BCUT2D eigenvalue weighted by molar-refractivity contribution is 0.289. The van der Waals surface area contributed by atoms with E-state index in [1.54, 1.807) is 16.8 Å². The second-order valence-electron chi connectivity index (χ2n) is 9.69. The summed E-state index contributed by atoms with van der Waals surface area (Å²) in [6.45, 7) is 6.44. The fraction of sp³-hybridized carbons (Fsp3) is 0.462. The molecule has 0 atom stereocenters. The van der Waals surface area contributed by atoms with E-state index in [0.717, 1.165) is 57.5 Å². The van der Waals surface area contributed by atoms with Crippen molar-refractivity contribution in [2.75, 3.05) is 43.4 Å². The monoisotopic (exact) mass is 457 g/mol. The van der Waals surface area contributed by atoms with E-state index in [1.165, 1.54) is 5.69 Å². The number of hydrogen-bond acceptors (Lipinski definition) is 7. The van der Waals surface area contributed by atoms with Crippen molar-refractivity contribution < 1.29 is 0 Å². The average molecular weight is 458 g/mol. The summed E-state index contributed by atoms with van der Waals surface area (Å²) in [5, 5.41) is 13.5. The zero-order chi connectivity index (χ0) is 23.7. The molecule has 3 heterocycles. The maximum absolute atomic E-state index is 13.1. The summed E-state index contributed by atoms with van der Waals surface area (Å²) in [5.74, 6) is 1.11. The molecule has 5 rings (SSSR count). The van der Waals surface area contributed by atoms with Crippen LogP contribution in [-0.4, -0.2) is 52.7 Å². The van der Waals surface area contributed by atoms with Gasteiger partial charge < -0.3 is 15.1 Å². The van der Waals surface area contributed by atoms with Crippen molar-refractivity contribution in [1.82, 2.24) is 19.4 Å². The molecule has 8 heteroatoms. The Labute approximate surface area is 199 Å². The maximum Gasteiger partial charge on any atom is 0.270 e. The molecule has 1 saturated heterocycles. The number of nitriles is 1. The third kappa shape index (κ3) is 4.48. The summed E-state index contributed by atoms with van der Waals surface area (Å²) in [6.07, 6.45) is 5.69. The topological polar surface area (TPSA) is 90.1 Å². The molecule has 176 valence electrons. The molecule has 0 bridgehead atoms. The number of likely N-dealkylation sites (N-methyl/N-ethyl adjacent to an activating group) is 1. The highest BCUT2D eigenvalue weighted by Crippen LogP contribution is 2.33. The minimum absolute atomic E-state index is 0.0603. The van der Waals surface area contributed by atoms with Gasteiger partial charge in [-0.1, -0.05) is 6.92 Å². The quantitative estimate of drug-likeness (QED) is 0.635. The van der Waals surface area contributed by atoms with Crippen molar-refractivity contribution >= 4 is 28.4 Å². The largest absolute Gasteiger partial charge is 0.369 e. The highest BCUT2D eigenvalue weighted by atomic mass is 16.1. The Hall–Kier alpha value is -3.44. The third-order valence-electron chi connectivity index (χ3n) is 7.24. The normalized spacial score (nSPS) is 21.4. The van der Waals surface area contributed by atoms with Crippen molar-refractivity contribution in [3.05, 3.63) is 52.4 Å². The first-order chi connectivity index (χ1) is 16.5. The zero-order valence-electron chi connectivity index (χ0n) is 19.9. The van der Waals surface area contributed by atoms with Crippen LogP contribution in [0.2, 0.25) is 0 Å². The minimum atomic E-state index is -0.254. The number of anilines is 3. The summed E-state index contributed by atoms with van der Waals surface area (Å²) in [5.41, 5.74) is 2.59. The Morgan fingerprint density at radius 3 is 2.44 bits per heavy atom. The van der Waals surface area contributed by atoms with E-state index < -0.39 is 0 Å². The van der Waals surface area contributed by atoms with Crippen molar-refractivity contribution in [2.24, 2.45) is 5.92 Å². The van der Waals surface area contributed by atoms with Gasteiger partial charge in [0, 0.05) is 55.2 Å². The number of piperazine rings is 1. The molecule has 2 aliphatic rings. The molecule has 0 amide bonds. The average Bonchev–Trinajstić information content (AvgIpc) is 2.86. The van der Waals surface area contributed by atoms with Crippen LogP contribution in [0.5, 0.6) is 0 Å². The number of aromatic nitrogens is 3. The summed E-state index contributed by atoms with van der Waals surface area (Å²) < 4.78 is 1.74. The Balaban J connectivity index is 1.43. The molecule has 1 aliphatic heterocycles. The molecule has 1 N–H and O–H groups in total. The van der Waals surface area contributed by atoms with Crippen LogP contribution < -0.4 is 15.8 Å². The first kappa shape index (κ1) is 22.4. The molecule has 2 fully saturated rings. The van der Waals surface area contributed by atoms with Gasteiger partial charge in [0.1, 0.15) is 17.3 Å². The molecule has 0 radical (unpaired) electrons. The maximum atomic E-state index is 13.1. The van der Waals surface area contributed by atoms with E-state index in [-0.39, 0.29) is 17.2 Å². The Morgan fingerprint density at radius 1 is 1.06 bits per heavy atom. The van der Waals surface area contributed by atoms with Crippen molar-refractivity contribution in [3.8, 4) is 6.07 Å². The number of nitrogens with one attached hydrogen (secondary N) is 1. The second-order valence-corrected chi connectivity index (χ2v) is 9.69. The number of benzene rings is 1. The zero-order valence-corrected chi connectivity index (χ0v) is 19.9. The lowest BCUT2D eigenvalue weighted by Crippen LogP contribution is -2.44. The summed E-state index contributed by atoms with van der Waals surface area (Å²) in [6, 6.07) is 12.0. The predicted molar refractivity (Wildman–Crippen MR) is 135 cm³/mol. The van der Waals surface area contributed by atoms with Gasteiger partial charge in [-0.2, -0.15) is 10.2 Å². The van der Waals surface area contributed by atoms with Gasteiger partial charge in [-0.15, -0.1) is 0 Å². The first-order valence-corrected chi connectivity index (χ1v) is 12.1. The Morgan fingerprint density at radius 2 is 1.76 bits per heavy atom. The van der Waals surface area contributed by atoms with Gasteiger partial charge in [0.25, 0.3) is 5.56 Å². The van der Waals surface area contributed by atoms with Gasteiger partial charge in [0.15, 0.2) is 0 Å². The number of hydrogen-bond donors (Lipinski definition) is 1. The minimum Gasteiger partial charge on any atom is -0.369 e. The van der Waals surface area contributed by atoms with E-state index in [9.17, 15) is 10.1 Å². The SMILES string of the molecule is CC1CCC(n2c(=O)c(C#N)cc3cnc(Nc4ccc(N5CCN(C)CC5)cc4)nc32)CC1. The summed E-state index contributed by atoms with van der Waals surface area (Å²) in [4.78, 5) is 27.1. The van der Waals surface area contributed by atoms with Gasteiger partial charge in [0.05, 0.1) is 0 Å². The van der Waals surface area contributed by atoms with E-state index in [0.29, 0.717) is 22.9 Å². The van der Waals surface area contributed by atoms with Gasteiger partial charge >= 0.3 is 0 Å². The fourth-order valence-electron chi connectivity index (χ4n) is 5.05. The van der Waals surface area contributed by atoms with E-state index >= 15 is 0 Å². The molecular weight excluding hydrogens is 426 g/mol. The molecule has 2 aromatic heterocycles. The molecule has 0 spiro atoms. The van der Waals surface area contributed by atoms with Crippen LogP contribution in [0.4, 0.5) is 17.3 Å². The number of pyridine rings is 1. The molecule has 1 saturated carbocycles. The second kappa shape index (κ2) is 9.43. The van der Waals surface area contributed by atoms with Crippen LogP contribution in [0.3, 0.4) is 0 Å². The Bertz CT molecular complexity index is 1260. The van der Waals surface area contributed by atoms with Crippen LogP contribution in [0.25, 0.3) is 11.0 Å². The standard InChI is InChI=1S/C26H31N7O/c1-18-3-7-23(8-4-18)33-24-20(15-19(16-27)25(33)34)17-28-26(30-24)29-21-5-9-22(10-6-21)32-13-11-31(2)12-14-32/h5-6,9-10,15,17-18,23H,3-4,7-8,11-14H2,1-2H3,(H,28,29,30). The first-order valence-electron chi connectivity index (χ1n) is 12.1. The van der Waals surface area contributed by atoms with Crippen LogP contribution >= 0.6 is 0 Å². The van der Waals surface area contributed by atoms with Gasteiger partial charge in [-0.05, 0) is 69.0 Å². The fourth-order valence-corrected chi connectivity index (χ4v) is 5.05. The molecule has 34 heavy (non-hydrogen) atoms. The number of nitrogens with zero attached hydrogens (tertiary/aromatic N) is 6. The molecular formula is C26H31N7O. The number of fused-ring (bicyclic) bond motifs is 1. The summed E-state index contributed by atoms with van der Waals surface area (Å²) in [7, 11) is 2.16. The predicted octanol–water partition coefficient (Wildman–Crippen LogP) is 3.91. The van der Waals surface area contributed by atoms with E-state index in [1.807, 2.05) is 12.1 Å². The lowest BCUT2D eigenvalue weighted by atomic mass is 9.87. The lowest BCUT2D eigenvalue weighted by Gasteiger charge is -2.34. The highest BCUT2D eigenvalue weighted by Gasteiger charge is 2.24. The smallest absolute Gasteiger partial charge is 0.270 e. The van der Waals surface area contributed by atoms with Crippen molar-refractivity contribution in [3.63, 3.8) is 0 Å². The van der Waals surface area contributed by atoms with Crippen molar-refractivity contribution in [2.45, 2.75) is 38.6 Å². The highest BCUT2D eigenvalue weighted by molar-refractivity contribution is 5.77. The van der Waals surface area contributed by atoms with Gasteiger partial charge in [0.2, 0.25) is 5.95 Å².